The molecular weight excluding hydrogens is 363 g/mol. The molecule has 0 aromatic heterocycles. The third-order valence-electron chi connectivity index (χ3n) is 5.04. The fourth-order valence-corrected chi connectivity index (χ4v) is 3.61. The fourth-order valence-electron chi connectivity index (χ4n) is 3.61. The number of benzene rings is 2. The van der Waals surface area contributed by atoms with E-state index in [2.05, 4.69) is 6.92 Å². The molecule has 3 rings (SSSR count). The van der Waals surface area contributed by atoms with E-state index >= 15 is 0 Å². The van der Waals surface area contributed by atoms with Gasteiger partial charge in [-0.2, -0.15) is 0 Å². The Morgan fingerprint density at radius 2 is 1.89 bits per heavy atom. The molecule has 1 saturated heterocycles. The Morgan fingerprint density at radius 3 is 2.57 bits per heavy atom. The summed E-state index contributed by atoms with van der Waals surface area (Å²) in [4.78, 5) is 0. The number of methoxy groups -OCH3 is 1. The number of hydrogen-bond donors (Lipinski definition) is 2. The molecule has 1 fully saturated rings. The van der Waals surface area contributed by atoms with Gasteiger partial charge in [0.2, 0.25) is 6.29 Å². The van der Waals surface area contributed by atoms with E-state index in [4.69, 9.17) is 14.2 Å². The number of halogens is 1. The van der Waals surface area contributed by atoms with Crippen LogP contribution in [0.25, 0.3) is 11.1 Å². The summed E-state index contributed by atoms with van der Waals surface area (Å²) in [7, 11) is 1.46. The van der Waals surface area contributed by atoms with E-state index in [0.717, 1.165) is 29.5 Å². The van der Waals surface area contributed by atoms with Crippen LogP contribution in [0.1, 0.15) is 25.8 Å². The van der Waals surface area contributed by atoms with Crippen LogP contribution < -0.4 is 4.74 Å². The highest BCUT2D eigenvalue weighted by atomic mass is 19.1. The highest BCUT2D eigenvalue weighted by molar-refractivity contribution is 5.69. The maximum atomic E-state index is 13.7. The Hall–Kier alpha value is -1.99. The molecule has 5 atom stereocenters. The van der Waals surface area contributed by atoms with Crippen LogP contribution in [-0.4, -0.2) is 48.0 Å². The summed E-state index contributed by atoms with van der Waals surface area (Å²) in [5.41, 5.74) is 2.71. The number of aryl methyl sites for hydroxylation is 1. The van der Waals surface area contributed by atoms with Gasteiger partial charge < -0.3 is 24.4 Å². The lowest BCUT2D eigenvalue weighted by Crippen LogP contribution is -2.58. The first kappa shape index (κ1) is 20.7. The second-order valence-corrected chi connectivity index (χ2v) is 7.09. The zero-order valence-electron chi connectivity index (χ0n) is 16.3. The average molecular weight is 390 g/mol. The summed E-state index contributed by atoms with van der Waals surface area (Å²) in [5.74, 6) is 0.165. The van der Waals surface area contributed by atoms with Crippen molar-refractivity contribution in [1.82, 2.24) is 0 Å². The third-order valence-corrected chi connectivity index (χ3v) is 5.04. The second-order valence-electron chi connectivity index (χ2n) is 7.09. The van der Waals surface area contributed by atoms with Crippen molar-refractivity contribution >= 4 is 0 Å². The lowest BCUT2D eigenvalue weighted by molar-refractivity contribution is -0.272. The minimum Gasteiger partial charge on any atom is -0.462 e. The van der Waals surface area contributed by atoms with Gasteiger partial charge in [0, 0.05) is 7.11 Å². The van der Waals surface area contributed by atoms with Crippen molar-refractivity contribution < 1.29 is 28.8 Å². The van der Waals surface area contributed by atoms with Crippen molar-refractivity contribution in [3.8, 4) is 16.9 Å². The molecular formula is C22H27FO5. The standard InChI is InChI=1S/C22H27FO5/c1-4-6-14-9-10-17(12-18(14)15-7-5-8-16(23)11-15)28-22-20(25)19(24)21(26-3)13(2)27-22/h5,7-13,19-22,24-25H,4,6H2,1-3H3/t13-,19-,20+,21-,22-/m0/s1. The predicted octanol–water partition coefficient (Wildman–Crippen LogP) is 3.31. The topological polar surface area (TPSA) is 68.2 Å². The van der Waals surface area contributed by atoms with E-state index in [9.17, 15) is 14.6 Å². The first-order chi connectivity index (χ1) is 13.4. The number of ether oxygens (including phenoxy) is 3. The van der Waals surface area contributed by atoms with Crippen LogP contribution in [0.3, 0.4) is 0 Å². The maximum absolute atomic E-state index is 13.7. The van der Waals surface area contributed by atoms with Crippen molar-refractivity contribution in [2.45, 2.75) is 57.4 Å². The molecule has 2 aromatic rings. The molecule has 0 aliphatic carbocycles. The van der Waals surface area contributed by atoms with Crippen LogP contribution in [0, 0.1) is 5.82 Å². The fraction of sp³-hybridized carbons (Fsp3) is 0.455. The van der Waals surface area contributed by atoms with E-state index in [1.165, 1.54) is 19.2 Å². The summed E-state index contributed by atoms with van der Waals surface area (Å²) in [6.07, 6.45) is -2.70. The normalized spacial score (nSPS) is 27.6. The van der Waals surface area contributed by atoms with Crippen molar-refractivity contribution in [2.75, 3.05) is 7.11 Å². The molecule has 0 unspecified atom stereocenters. The van der Waals surface area contributed by atoms with E-state index < -0.39 is 30.7 Å². The smallest absolute Gasteiger partial charge is 0.229 e. The Morgan fingerprint density at radius 1 is 1.11 bits per heavy atom. The van der Waals surface area contributed by atoms with Crippen LogP contribution in [0.15, 0.2) is 42.5 Å². The Kier molecular flexibility index (Phi) is 6.67. The van der Waals surface area contributed by atoms with Crippen molar-refractivity contribution in [3.63, 3.8) is 0 Å². The van der Waals surface area contributed by atoms with Crippen molar-refractivity contribution in [3.05, 3.63) is 53.8 Å². The number of aliphatic hydroxyl groups is 2. The summed E-state index contributed by atoms with van der Waals surface area (Å²) >= 11 is 0. The Balaban J connectivity index is 1.88. The molecule has 5 nitrogen and oxygen atoms in total. The number of rotatable bonds is 6. The zero-order valence-corrected chi connectivity index (χ0v) is 16.3. The van der Waals surface area contributed by atoms with Gasteiger partial charge in [-0.15, -0.1) is 0 Å². The molecule has 2 N–H and O–H groups in total. The lowest BCUT2D eigenvalue weighted by atomic mass is 9.96. The lowest BCUT2D eigenvalue weighted by Gasteiger charge is -2.40. The minimum absolute atomic E-state index is 0.306. The van der Waals surface area contributed by atoms with E-state index in [0.29, 0.717) is 5.75 Å². The second kappa shape index (κ2) is 9.01. The van der Waals surface area contributed by atoms with Gasteiger partial charge in [-0.05, 0) is 54.3 Å². The maximum Gasteiger partial charge on any atom is 0.229 e. The molecule has 28 heavy (non-hydrogen) atoms. The molecule has 0 bridgehead atoms. The first-order valence-electron chi connectivity index (χ1n) is 9.54. The van der Waals surface area contributed by atoms with Gasteiger partial charge in [0.05, 0.1) is 6.10 Å². The highest BCUT2D eigenvalue weighted by Gasteiger charge is 2.44. The van der Waals surface area contributed by atoms with Crippen LogP contribution in [-0.2, 0) is 15.9 Å². The van der Waals surface area contributed by atoms with E-state index in [-0.39, 0.29) is 5.82 Å². The Bertz CT molecular complexity index is 796. The number of aliphatic hydroxyl groups excluding tert-OH is 2. The quantitative estimate of drug-likeness (QED) is 0.792. The molecule has 0 saturated carbocycles. The Labute approximate surface area is 164 Å². The molecule has 1 heterocycles. The van der Waals surface area contributed by atoms with Crippen LogP contribution in [0.4, 0.5) is 4.39 Å². The molecule has 1 aliphatic rings. The third kappa shape index (κ3) is 4.36. The van der Waals surface area contributed by atoms with E-state index in [1.807, 2.05) is 18.2 Å². The minimum atomic E-state index is -1.26. The van der Waals surface area contributed by atoms with Crippen molar-refractivity contribution in [1.29, 1.82) is 0 Å². The molecule has 0 radical (unpaired) electrons. The highest BCUT2D eigenvalue weighted by Crippen LogP contribution is 2.32. The van der Waals surface area contributed by atoms with Gasteiger partial charge >= 0.3 is 0 Å². The van der Waals surface area contributed by atoms with Gasteiger partial charge in [0.25, 0.3) is 0 Å². The SMILES string of the molecule is CCCc1ccc(O[C@@H]2O[C@@H](C)[C@H](OC)[C@@H](O)[C@H]2O)cc1-c1cccc(F)c1. The van der Waals surface area contributed by atoms with Crippen molar-refractivity contribution in [2.24, 2.45) is 0 Å². The largest absolute Gasteiger partial charge is 0.462 e. The molecule has 1 aliphatic heterocycles. The predicted molar refractivity (Wildman–Crippen MR) is 104 cm³/mol. The van der Waals surface area contributed by atoms with Crippen LogP contribution in [0.5, 0.6) is 5.75 Å². The molecule has 6 heteroatoms. The summed E-state index contributed by atoms with van der Waals surface area (Å²) in [5, 5.41) is 20.6. The molecule has 0 amide bonds. The molecule has 2 aromatic carbocycles. The van der Waals surface area contributed by atoms with Gasteiger partial charge in [-0.25, -0.2) is 4.39 Å². The van der Waals surface area contributed by atoms with Gasteiger partial charge in [-0.3, -0.25) is 0 Å². The van der Waals surface area contributed by atoms with Gasteiger partial charge in [-0.1, -0.05) is 31.5 Å². The number of hydrogen-bond acceptors (Lipinski definition) is 5. The van der Waals surface area contributed by atoms with Crippen LogP contribution in [0.2, 0.25) is 0 Å². The summed E-state index contributed by atoms with van der Waals surface area (Å²) in [6, 6.07) is 12.0. The zero-order chi connectivity index (χ0) is 20.3. The first-order valence-corrected chi connectivity index (χ1v) is 9.54. The monoisotopic (exact) mass is 390 g/mol. The van der Waals surface area contributed by atoms with Gasteiger partial charge in [0.1, 0.15) is 29.9 Å². The molecule has 152 valence electrons. The van der Waals surface area contributed by atoms with Crippen LogP contribution >= 0.6 is 0 Å². The molecule has 0 spiro atoms. The van der Waals surface area contributed by atoms with E-state index in [1.54, 1.807) is 19.1 Å². The average Bonchev–Trinajstić information content (AvgIpc) is 2.67. The summed E-state index contributed by atoms with van der Waals surface area (Å²) < 4.78 is 30.5. The van der Waals surface area contributed by atoms with Gasteiger partial charge in [0.15, 0.2) is 0 Å². The summed E-state index contributed by atoms with van der Waals surface area (Å²) in [6.45, 7) is 3.84.